The molecule has 2 aliphatic rings. The van der Waals surface area contributed by atoms with Crippen molar-refractivity contribution in [3.05, 3.63) is 59.7 Å². The first-order valence-electron chi connectivity index (χ1n) is 9.78. The number of amides is 2. The number of nitrogens with zero attached hydrogens (tertiary/aromatic N) is 3. The van der Waals surface area contributed by atoms with Crippen molar-refractivity contribution in [1.29, 1.82) is 0 Å². The first kappa shape index (κ1) is 20.5. The number of nitrogens with one attached hydrogen (secondary N) is 1. The SMILES string of the molecule is CS(=O)(=O)N1CCN(Cc2ccc(C(=O)N3CC(=O)Nc4ccccc43)cc2)CC1. The second-order valence-corrected chi connectivity index (χ2v) is 9.57. The summed E-state index contributed by atoms with van der Waals surface area (Å²) >= 11 is 0. The molecule has 8 nitrogen and oxygen atoms in total. The smallest absolute Gasteiger partial charge is 0.258 e. The highest BCUT2D eigenvalue weighted by Crippen LogP contribution is 2.30. The monoisotopic (exact) mass is 428 g/mol. The maximum absolute atomic E-state index is 13.0. The van der Waals surface area contributed by atoms with E-state index in [1.54, 1.807) is 18.2 Å². The molecule has 2 aromatic rings. The molecule has 4 rings (SSSR count). The van der Waals surface area contributed by atoms with E-state index in [1.807, 2.05) is 30.3 Å². The van der Waals surface area contributed by atoms with Crippen LogP contribution in [0.3, 0.4) is 0 Å². The van der Waals surface area contributed by atoms with Gasteiger partial charge in [-0.2, -0.15) is 4.31 Å². The van der Waals surface area contributed by atoms with Gasteiger partial charge in [-0.15, -0.1) is 0 Å². The highest BCUT2D eigenvalue weighted by molar-refractivity contribution is 7.88. The van der Waals surface area contributed by atoms with Crippen LogP contribution in [-0.2, 0) is 21.4 Å². The van der Waals surface area contributed by atoms with Crippen LogP contribution in [0.5, 0.6) is 0 Å². The molecule has 2 aliphatic heterocycles. The second kappa shape index (κ2) is 8.17. The molecule has 0 bridgehead atoms. The molecule has 0 unspecified atom stereocenters. The Morgan fingerprint density at radius 2 is 1.67 bits per heavy atom. The van der Waals surface area contributed by atoms with Crippen LogP contribution in [0.4, 0.5) is 11.4 Å². The number of benzene rings is 2. The lowest BCUT2D eigenvalue weighted by Gasteiger charge is -2.33. The number of carbonyl (C=O) groups excluding carboxylic acids is 2. The minimum Gasteiger partial charge on any atom is -0.323 e. The van der Waals surface area contributed by atoms with Crippen LogP contribution in [0, 0.1) is 0 Å². The van der Waals surface area contributed by atoms with E-state index in [2.05, 4.69) is 10.2 Å². The van der Waals surface area contributed by atoms with Crippen molar-refractivity contribution in [2.45, 2.75) is 6.54 Å². The Kier molecular flexibility index (Phi) is 5.59. The van der Waals surface area contributed by atoms with Crippen LogP contribution < -0.4 is 10.2 Å². The summed E-state index contributed by atoms with van der Waals surface area (Å²) in [6.07, 6.45) is 1.24. The molecular weight excluding hydrogens is 404 g/mol. The van der Waals surface area contributed by atoms with E-state index >= 15 is 0 Å². The maximum atomic E-state index is 13.0. The largest absolute Gasteiger partial charge is 0.323 e. The van der Waals surface area contributed by atoms with Crippen molar-refractivity contribution in [3.63, 3.8) is 0 Å². The third kappa shape index (κ3) is 4.38. The quantitative estimate of drug-likeness (QED) is 0.794. The normalized spacial score (nSPS) is 18.0. The van der Waals surface area contributed by atoms with E-state index in [-0.39, 0.29) is 18.4 Å². The summed E-state index contributed by atoms with van der Waals surface area (Å²) in [7, 11) is -3.14. The number of anilines is 2. The topological polar surface area (TPSA) is 90.0 Å². The summed E-state index contributed by atoms with van der Waals surface area (Å²) < 4.78 is 24.8. The van der Waals surface area contributed by atoms with Crippen LogP contribution in [0.2, 0.25) is 0 Å². The van der Waals surface area contributed by atoms with Gasteiger partial charge in [-0.25, -0.2) is 8.42 Å². The molecule has 2 heterocycles. The van der Waals surface area contributed by atoms with Gasteiger partial charge in [-0.3, -0.25) is 19.4 Å². The van der Waals surface area contributed by atoms with Crippen molar-refractivity contribution in [3.8, 4) is 0 Å². The molecule has 9 heteroatoms. The summed E-state index contributed by atoms with van der Waals surface area (Å²) in [6.45, 7) is 3.02. The Morgan fingerprint density at radius 3 is 2.33 bits per heavy atom. The predicted octanol–water partition coefficient (Wildman–Crippen LogP) is 1.36. The maximum Gasteiger partial charge on any atom is 0.258 e. The molecular formula is C21H24N4O4S. The van der Waals surface area contributed by atoms with Crippen LogP contribution >= 0.6 is 0 Å². The Labute approximate surface area is 176 Å². The molecule has 0 atom stereocenters. The minimum atomic E-state index is -3.14. The van der Waals surface area contributed by atoms with Gasteiger partial charge in [-0.05, 0) is 29.8 Å². The van der Waals surface area contributed by atoms with Gasteiger partial charge >= 0.3 is 0 Å². The zero-order valence-corrected chi connectivity index (χ0v) is 17.6. The fourth-order valence-electron chi connectivity index (χ4n) is 3.80. The summed E-state index contributed by atoms with van der Waals surface area (Å²) in [6, 6.07) is 14.6. The molecule has 1 fully saturated rings. The van der Waals surface area contributed by atoms with Crippen molar-refractivity contribution < 1.29 is 18.0 Å². The van der Waals surface area contributed by atoms with Crippen molar-refractivity contribution in [2.24, 2.45) is 0 Å². The van der Waals surface area contributed by atoms with Gasteiger partial charge in [0, 0.05) is 38.3 Å². The molecule has 0 aromatic heterocycles. The summed E-state index contributed by atoms with van der Waals surface area (Å²) in [4.78, 5) is 28.7. The summed E-state index contributed by atoms with van der Waals surface area (Å²) in [5.74, 6) is -0.433. The van der Waals surface area contributed by atoms with Crippen molar-refractivity contribution >= 4 is 33.2 Å². The van der Waals surface area contributed by atoms with E-state index in [0.717, 1.165) is 5.56 Å². The van der Waals surface area contributed by atoms with Gasteiger partial charge in [-0.1, -0.05) is 24.3 Å². The Balaban J connectivity index is 1.42. The fraction of sp³-hybridized carbons (Fsp3) is 0.333. The molecule has 0 radical (unpaired) electrons. The number of carbonyl (C=O) groups is 2. The lowest BCUT2D eigenvalue weighted by atomic mass is 10.1. The summed E-state index contributed by atoms with van der Waals surface area (Å²) in [5.41, 5.74) is 2.89. The third-order valence-corrected chi connectivity index (χ3v) is 6.73. The number of sulfonamides is 1. The molecule has 0 aliphatic carbocycles. The lowest BCUT2D eigenvalue weighted by molar-refractivity contribution is -0.115. The highest BCUT2D eigenvalue weighted by atomic mass is 32.2. The van der Waals surface area contributed by atoms with E-state index in [1.165, 1.54) is 15.5 Å². The highest BCUT2D eigenvalue weighted by Gasteiger charge is 2.27. The molecule has 1 saturated heterocycles. The average Bonchev–Trinajstić information content (AvgIpc) is 2.73. The first-order chi connectivity index (χ1) is 14.3. The number of para-hydroxylation sites is 2. The summed E-state index contributed by atoms with van der Waals surface area (Å²) in [5, 5.41) is 2.78. The standard InChI is InChI=1S/C21H24N4O4S/c1-30(28,29)24-12-10-23(11-13-24)14-16-6-8-17(9-7-16)21(27)25-15-20(26)22-18-4-2-3-5-19(18)25/h2-9H,10-15H2,1H3,(H,22,26). The number of hydrogen-bond donors (Lipinski definition) is 1. The van der Waals surface area contributed by atoms with Crippen LogP contribution in [0.1, 0.15) is 15.9 Å². The Hall–Kier alpha value is -2.75. The fourth-order valence-corrected chi connectivity index (χ4v) is 4.63. The molecule has 0 saturated carbocycles. The second-order valence-electron chi connectivity index (χ2n) is 7.59. The van der Waals surface area contributed by atoms with E-state index in [0.29, 0.717) is 49.7 Å². The first-order valence-corrected chi connectivity index (χ1v) is 11.6. The third-order valence-electron chi connectivity index (χ3n) is 5.42. The molecule has 0 spiro atoms. The van der Waals surface area contributed by atoms with Crippen LogP contribution in [-0.4, -0.2) is 68.4 Å². The minimum absolute atomic E-state index is 0.0117. The van der Waals surface area contributed by atoms with Crippen LogP contribution in [0.15, 0.2) is 48.5 Å². The van der Waals surface area contributed by atoms with E-state index in [4.69, 9.17) is 0 Å². The van der Waals surface area contributed by atoms with Gasteiger partial charge in [0.05, 0.1) is 17.6 Å². The van der Waals surface area contributed by atoms with E-state index < -0.39 is 10.0 Å². The van der Waals surface area contributed by atoms with Gasteiger partial charge in [0.2, 0.25) is 15.9 Å². The number of piperazine rings is 1. The van der Waals surface area contributed by atoms with Crippen molar-refractivity contribution in [2.75, 3.05) is 49.2 Å². The molecule has 158 valence electrons. The Morgan fingerprint density at radius 1 is 1.00 bits per heavy atom. The number of hydrogen-bond acceptors (Lipinski definition) is 5. The van der Waals surface area contributed by atoms with Gasteiger partial charge < -0.3 is 5.32 Å². The lowest BCUT2D eigenvalue weighted by Crippen LogP contribution is -2.47. The van der Waals surface area contributed by atoms with Gasteiger partial charge in [0.25, 0.3) is 5.91 Å². The molecule has 2 aromatic carbocycles. The predicted molar refractivity (Wildman–Crippen MR) is 115 cm³/mol. The van der Waals surface area contributed by atoms with Gasteiger partial charge in [0.15, 0.2) is 0 Å². The average molecular weight is 429 g/mol. The molecule has 30 heavy (non-hydrogen) atoms. The molecule has 1 N–H and O–H groups in total. The van der Waals surface area contributed by atoms with Crippen LogP contribution in [0.25, 0.3) is 0 Å². The zero-order chi connectivity index (χ0) is 21.3. The molecule has 2 amide bonds. The number of rotatable bonds is 4. The van der Waals surface area contributed by atoms with Gasteiger partial charge in [0.1, 0.15) is 6.54 Å². The Bertz CT molecular complexity index is 1060. The van der Waals surface area contributed by atoms with E-state index in [9.17, 15) is 18.0 Å². The zero-order valence-electron chi connectivity index (χ0n) is 16.7. The van der Waals surface area contributed by atoms with Crippen molar-refractivity contribution in [1.82, 2.24) is 9.21 Å². The number of fused-ring (bicyclic) bond motifs is 1.